The van der Waals surface area contributed by atoms with Crippen molar-refractivity contribution in [3.05, 3.63) is 12.4 Å². The van der Waals surface area contributed by atoms with E-state index in [-0.39, 0.29) is 0 Å². The molecule has 3 heteroatoms. The molecule has 0 spiro atoms. The van der Waals surface area contributed by atoms with Crippen LogP contribution in [0.1, 0.15) is 20.3 Å². The standard InChI is InChI=1S/C8H16N2Si/c1-7(2)3-5-10-6-4-9-8(10)11/h4,6-7H,3,5H2,1-2,11H3. The van der Waals surface area contributed by atoms with Crippen LogP contribution in [0.25, 0.3) is 0 Å². The molecule has 0 amide bonds. The lowest BCUT2D eigenvalue weighted by atomic mass is 10.1. The maximum absolute atomic E-state index is 4.22. The predicted octanol–water partition coefficient (Wildman–Crippen LogP) is -0.0801. The van der Waals surface area contributed by atoms with Crippen molar-refractivity contribution in [2.75, 3.05) is 0 Å². The lowest BCUT2D eigenvalue weighted by Crippen LogP contribution is -2.19. The van der Waals surface area contributed by atoms with Crippen LogP contribution in [-0.4, -0.2) is 19.8 Å². The molecule has 0 aromatic carbocycles. The second-order valence-corrected chi connectivity index (χ2v) is 4.24. The first-order valence-corrected chi connectivity index (χ1v) is 5.18. The summed E-state index contributed by atoms with van der Waals surface area (Å²) in [5.41, 5.74) is 1.26. The number of hydrogen-bond donors (Lipinski definition) is 0. The minimum Gasteiger partial charge on any atom is -0.340 e. The fourth-order valence-corrected chi connectivity index (χ4v) is 1.56. The second-order valence-electron chi connectivity index (χ2n) is 3.35. The molecule has 2 nitrogen and oxygen atoms in total. The fourth-order valence-electron chi connectivity index (χ4n) is 1.04. The van der Waals surface area contributed by atoms with E-state index in [4.69, 9.17) is 0 Å². The number of nitrogens with zero attached hydrogens (tertiary/aromatic N) is 2. The topological polar surface area (TPSA) is 17.8 Å². The van der Waals surface area contributed by atoms with E-state index in [0.717, 1.165) is 22.7 Å². The van der Waals surface area contributed by atoms with Crippen LogP contribution in [0, 0.1) is 5.92 Å². The Balaban J connectivity index is 2.44. The molecule has 0 aliphatic rings. The Bertz CT molecular complexity index is 218. The Morgan fingerprint density at radius 1 is 1.64 bits per heavy atom. The summed E-state index contributed by atoms with van der Waals surface area (Å²) in [7, 11) is 1.06. The van der Waals surface area contributed by atoms with E-state index in [9.17, 15) is 0 Å². The Labute approximate surface area is 71.1 Å². The van der Waals surface area contributed by atoms with Gasteiger partial charge in [0.05, 0.1) is 15.7 Å². The van der Waals surface area contributed by atoms with Gasteiger partial charge in [0, 0.05) is 18.9 Å². The molecule has 0 radical (unpaired) electrons. The van der Waals surface area contributed by atoms with Gasteiger partial charge in [0.15, 0.2) is 0 Å². The molecule has 11 heavy (non-hydrogen) atoms. The summed E-state index contributed by atoms with van der Waals surface area (Å²) in [6.07, 6.45) is 5.22. The first-order valence-electron chi connectivity index (χ1n) is 4.18. The van der Waals surface area contributed by atoms with Crippen molar-refractivity contribution in [2.24, 2.45) is 5.92 Å². The summed E-state index contributed by atoms with van der Waals surface area (Å²) in [5, 5.41) is 0. The molecule has 1 aromatic heterocycles. The zero-order valence-corrected chi connectivity index (χ0v) is 9.54. The van der Waals surface area contributed by atoms with E-state index in [1.54, 1.807) is 0 Å². The van der Waals surface area contributed by atoms with Crippen molar-refractivity contribution in [1.82, 2.24) is 9.55 Å². The molecule has 0 bridgehead atoms. The Hall–Kier alpha value is -0.573. The van der Waals surface area contributed by atoms with E-state index < -0.39 is 0 Å². The lowest BCUT2D eigenvalue weighted by Gasteiger charge is -2.06. The highest BCUT2D eigenvalue weighted by Crippen LogP contribution is 2.00. The first-order chi connectivity index (χ1) is 5.20. The fraction of sp³-hybridized carbons (Fsp3) is 0.625. The van der Waals surface area contributed by atoms with Crippen LogP contribution >= 0.6 is 0 Å². The predicted molar refractivity (Wildman–Crippen MR) is 51.3 cm³/mol. The van der Waals surface area contributed by atoms with Gasteiger partial charge in [0.25, 0.3) is 0 Å². The molecular weight excluding hydrogens is 152 g/mol. The van der Waals surface area contributed by atoms with Gasteiger partial charge in [0.1, 0.15) is 0 Å². The SMILES string of the molecule is CC(C)CCn1ccnc1[SiH3]. The van der Waals surface area contributed by atoms with E-state index in [0.29, 0.717) is 0 Å². The maximum Gasteiger partial charge on any atom is 0.0841 e. The van der Waals surface area contributed by atoms with Gasteiger partial charge >= 0.3 is 0 Å². The third-order valence-corrected chi connectivity index (χ3v) is 2.70. The Morgan fingerprint density at radius 2 is 2.36 bits per heavy atom. The molecular formula is C8H16N2Si. The highest BCUT2D eigenvalue weighted by molar-refractivity contribution is 6.29. The van der Waals surface area contributed by atoms with Gasteiger partial charge in [-0.05, 0) is 12.3 Å². The van der Waals surface area contributed by atoms with E-state index in [1.807, 2.05) is 6.20 Å². The summed E-state index contributed by atoms with van der Waals surface area (Å²) in [5.74, 6) is 0.790. The van der Waals surface area contributed by atoms with Gasteiger partial charge in [-0.25, -0.2) is 4.98 Å². The highest BCUT2D eigenvalue weighted by Gasteiger charge is 1.97. The molecule has 0 unspecified atom stereocenters. The van der Waals surface area contributed by atoms with Crippen LogP contribution in [-0.2, 0) is 6.54 Å². The third-order valence-electron chi connectivity index (χ3n) is 1.87. The normalized spacial score (nSPS) is 11.2. The number of rotatable bonds is 3. The Morgan fingerprint density at radius 3 is 2.82 bits per heavy atom. The van der Waals surface area contributed by atoms with Crippen molar-refractivity contribution in [2.45, 2.75) is 26.8 Å². The largest absolute Gasteiger partial charge is 0.340 e. The van der Waals surface area contributed by atoms with Crippen LogP contribution in [0.3, 0.4) is 0 Å². The molecule has 0 aliphatic heterocycles. The average molecular weight is 168 g/mol. The minimum absolute atomic E-state index is 0.790. The van der Waals surface area contributed by atoms with Gasteiger partial charge in [0.2, 0.25) is 0 Å². The van der Waals surface area contributed by atoms with E-state index >= 15 is 0 Å². The molecule has 0 N–H and O–H groups in total. The smallest absolute Gasteiger partial charge is 0.0841 e. The molecule has 0 fully saturated rings. The van der Waals surface area contributed by atoms with Crippen molar-refractivity contribution in [3.8, 4) is 0 Å². The van der Waals surface area contributed by atoms with E-state index in [1.165, 1.54) is 11.9 Å². The monoisotopic (exact) mass is 168 g/mol. The molecule has 0 saturated heterocycles. The van der Waals surface area contributed by atoms with Crippen LogP contribution in [0.15, 0.2) is 12.4 Å². The maximum atomic E-state index is 4.22. The number of aromatic nitrogens is 2. The van der Waals surface area contributed by atoms with Crippen LogP contribution < -0.4 is 5.45 Å². The number of hydrogen-bond acceptors (Lipinski definition) is 1. The second kappa shape index (κ2) is 3.71. The molecule has 62 valence electrons. The van der Waals surface area contributed by atoms with Gasteiger partial charge in [-0.2, -0.15) is 0 Å². The molecule has 1 heterocycles. The van der Waals surface area contributed by atoms with Crippen molar-refractivity contribution in [1.29, 1.82) is 0 Å². The summed E-state index contributed by atoms with van der Waals surface area (Å²) in [6.45, 7) is 5.64. The van der Waals surface area contributed by atoms with Gasteiger partial charge in [-0.3, -0.25) is 0 Å². The van der Waals surface area contributed by atoms with Gasteiger partial charge < -0.3 is 4.57 Å². The zero-order chi connectivity index (χ0) is 8.27. The number of imidazole rings is 1. The molecule has 0 aliphatic carbocycles. The van der Waals surface area contributed by atoms with Crippen molar-refractivity contribution >= 4 is 15.7 Å². The van der Waals surface area contributed by atoms with Crippen LogP contribution in [0.5, 0.6) is 0 Å². The molecule has 1 aromatic rings. The summed E-state index contributed by atoms with van der Waals surface area (Å²) < 4.78 is 2.26. The van der Waals surface area contributed by atoms with Crippen LogP contribution in [0.2, 0.25) is 0 Å². The minimum atomic E-state index is 0.790. The third kappa shape index (κ3) is 2.50. The van der Waals surface area contributed by atoms with Crippen molar-refractivity contribution in [3.63, 3.8) is 0 Å². The van der Waals surface area contributed by atoms with E-state index in [2.05, 4.69) is 29.6 Å². The number of aryl methyl sites for hydroxylation is 1. The lowest BCUT2D eigenvalue weighted by molar-refractivity contribution is 0.522. The molecule has 0 saturated carbocycles. The first kappa shape index (κ1) is 8.52. The molecule has 0 atom stereocenters. The van der Waals surface area contributed by atoms with Gasteiger partial charge in [-0.15, -0.1) is 0 Å². The quantitative estimate of drug-likeness (QED) is 0.577. The summed E-state index contributed by atoms with van der Waals surface area (Å²) >= 11 is 0. The summed E-state index contributed by atoms with van der Waals surface area (Å²) in [4.78, 5) is 4.22. The zero-order valence-electron chi connectivity index (χ0n) is 7.54. The van der Waals surface area contributed by atoms with Gasteiger partial charge in [-0.1, -0.05) is 13.8 Å². The average Bonchev–Trinajstić information content (AvgIpc) is 2.31. The summed E-state index contributed by atoms with van der Waals surface area (Å²) in [6, 6.07) is 0. The van der Waals surface area contributed by atoms with Crippen LogP contribution in [0.4, 0.5) is 0 Å². The Kier molecular flexibility index (Phi) is 2.88. The van der Waals surface area contributed by atoms with Crippen molar-refractivity contribution < 1.29 is 0 Å². The highest BCUT2D eigenvalue weighted by atomic mass is 28.1. The molecule has 1 rings (SSSR count).